The van der Waals surface area contributed by atoms with Gasteiger partial charge in [0, 0.05) is 26.9 Å². The monoisotopic (exact) mass is 467 g/mol. The van der Waals surface area contributed by atoms with Crippen LogP contribution >= 0.6 is 34.8 Å². The zero-order valence-corrected chi connectivity index (χ0v) is 16.6. The number of thiocarbonyl (C=S) groups is 1. The summed E-state index contributed by atoms with van der Waals surface area (Å²) in [5.41, 5.74) is 1.90. The quantitative estimate of drug-likeness (QED) is 0.457. The molecule has 3 N–H and O–H groups in total. The molecule has 0 unspecified atom stereocenters. The fourth-order valence-corrected chi connectivity index (χ4v) is 2.85. The summed E-state index contributed by atoms with van der Waals surface area (Å²) < 4.78 is 0.972. The Hall–Kier alpha value is -2.00. The van der Waals surface area contributed by atoms with E-state index in [0.717, 1.165) is 9.99 Å². The van der Waals surface area contributed by atoms with Crippen LogP contribution in [0.1, 0.15) is 30.1 Å². The zero-order valence-electron chi connectivity index (χ0n) is 13.6. The van der Waals surface area contributed by atoms with Crippen molar-refractivity contribution in [2.24, 2.45) is 0 Å². The van der Waals surface area contributed by atoms with E-state index in [2.05, 4.69) is 38.5 Å². The van der Waals surface area contributed by atoms with Gasteiger partial charge in [0.1, 0.15) is 0 Å². The van der Waals surface area contributed by atoms with Gasteiger partial charge >= 0.3 is 0 Å². The van der Waals surface area contributed by atoms with E-state index < -0.39 is 0 Å². The van der Waals surface area contributed by atoms with Crippen molar-refractivity contribution in [2.45, 2.75) is 19.8 Å². The number of carbonyl (C=O) groups is 2. The molecule has 0 aliphatic carbocycles. The molecule has 2 aromatic rings. The second kappa shape index (κ2) is 9.47. The molecule has 0 bridgehead atoms. The van der Waals surface area contributed by atoms with Gasteiger partial charge in [-0.05, 0) is 77.6 Å². The minimum atomic E-state index is -0.275. The molecule has 7 heteroatoms. The molecule has 0 radical (unpaired) electrons. The predicted molar refractivity (Wildman–Crippen MR) is 113 cm³/mol. The smallest absolute Gasteiger partial charge is 0.257 e. The van der Waals surface area contributed by atoms with Crippen molar-refractivity contribution in [2.75, 3.05) is 10.6 Å². The van der Waals surface area contributed by atoms with Crippen molar-refractivity contribution in [3.63, 3.8) is 0 Å². The summed E-state index contributed by atoms with van der Waals surface area (Å²) in [6.45, 7) is 1.95. The lowest BCUT2D eigenvalue weighted by Gasteiger charge is -2.11. The summed E-state index contributed by atoms with van der Waals surface area (Å²) in [5, 5.41) is 8.61. The van der Waals surface area contributed by atoms with Crippen molar-refractivity contribution < 1.29 is 9.59 Å². The average molecular weight is 467 g/mol. The van der Waals surface area contributed by atoms with Gasteiger partial charge < -0.3 is 10.6 Å². The molecule has 0 aliphatic rings. The minimum absolute atomic E-state index is 0.0331. The molecule has 0 heterocycles. The largest absolute Gasteiger partial charge is 0.332 e. The van der Waals surface area contributed by atoms with Crippen LogP contribution in [-0.2, 0) is 4.79 Å². The molecule has 5 nitrogen and oxygen atoms in total. The maximum absolute atomic E-state index is 12.2. The Morgan fingerprint density at radius 3 is 2.40 bits per heavy atom. The molecule has 0 spiro atoms. The van der Waals surface area contributed by atoms with Gasteiger partial charge in [0.25, 0.3) is 5.91 Å². The summed E-state index contributed by atoms with van der Waals surface area (Å²) in [6.07, 6.45) is 1.26. The highest BCUT2D eigenvalue weighted by molar-refractivity contribution is 14.1. The van der Waals surface area contributed by atoms with Crippen LogP contribution in [0.15, 0.2) is 48.5 Å². The molecular weight excluding hydrogens is 449 g/mol. The van der Waals surface area contributed by atoms with Crippen molar-refractivity contribution >= 4 is 63.1 Å². The third-order valence-corrected chi connectivity index (χ3v) is 4.07. The Bertz CT molecular complexity index is 795. The van der Waals surface area contributed by atoms with Gasteiger partial charge in [-0.1, -0.05) is 19.1 Å². The molecule has 0 aliphatic heterocycles. The number of rotatable bonds is 5. The highest BCUT2D eigenvalue weighted by Crippen LogP contribution is 2.15. The molecule has 0 aromatic heterocycles. The Balaban J connectivity index is 1.96. The van der Waals surface area contributed by atoms with Crippen LogP contribution in [0.3, 0.4) is 0 Å². The molecule has 25 heavy (non-hydrogen) atoms. The summed E-state index contributed by atoms with van der Waals surface area (Å²) in [4.78, 5) is 23.8. The Morgan fingerprint density at radius 1 is 1.04 bits per heavy atom. The average Bonchev–Trinajstić information content (AvgIpc) is 2.55. The minimum Gasteiger partial charge on any atom is -0.332 e. The maximum atomic E-state index is 12.2. The van der Waals surface area contributed by atoms with E-state index in [1.54, 1.807) is 36.4 Å². The summed E-state index contributed by atoms with van der Waals surface area (Å²) in [7, 11) is 0. The predicted octanol–water partition coefficient (Wildman–Crippen LogP) is 4.16. The van der Waals surface area contributed by atoms with Gasteiger partial charge in [-0.2, -0.15) is 0 Å². The number of halogens is 1. The fourth-order valence-electron chi connectivity index (χ4n) is 2.09. The third kappa shape index (κ3) is 6.43. The molecule has 0 saturated heterocycles. The molecular formula is C18H18IN3O2S. The van der Waals surface area contributed by atoms with Gasteiger partial charge in [0.05, 0.1) is 0 Å². The van der Waals surface area contributed by atoms with Crippen LogP contribution in [0.4, 0.5) is 11.4 Å². The number of nitrogens with one attached hydrogen (secondary N) is 3. The Morgan fingerprint density at radius 2 is 1.72 bits per heavy atom. The first kappa shape index (κ1) is 19.3. The van der Waals surface area contributed by atoms with Crippen LogP contribution in [-0.4, -0.2) is 16.9 Å². The number of hydrogen-bond donors (Lipinski definition) is 3. The van der Waals surface area contributed by atoms with E-state index in [1.807, 2.05) is 19.1 Å². The van der Waals surface area contributed by atoms with Crippen LogP contribution in [0.25, 0.3) is 0 Å². The van der Waals surface area contributed by atoms with E-state index in [-0.39, 0.29) is 16.9 Å². The van der Waals surface area contributed by atoms with Gasteiger partial charge in [-0.15, -0.1) is 0 Å². The van der Waals surface area contributed by atoms with Crippen molar-refractivity contribution in [3.05, 3.63) is 57.7 Å². The molecule has 2 rings (SSSR count). The lowest BCUT2D eigenvalue weighted by Crippen LogP contribution is -2.34. The number of benzene rings is 2. The third-order valence-electron chi connectivity index (χ3n) is 3.20. The molecule has 2 aromatic carbocycles. The van der Waals surface area contributed by atoms with Crippen LogP contribution in [0, 0.1) is 3.57 Å². The van der Waals surface area contributed by atoms with Crippen LogP contribution in [0.2, 0.25) is 0 Å². The van der Waals surface area contributed by atoms with E-state index in [9.17, 15) is 9.59 Å². The van der Waals surface area contributed by atoms with E-state index in [0.29, 0.717) is 23.4 Å². The lowest BCUT2D eigenvalue weighted by molar-refractivity contribution is -0.116. The highest BCUT2D eigenvalue weighted by atomic mass is 127. The maximum Gasteiger partial charge on any atom is 0.257 e. The van der Waals surface area contributed by atoms with Gasteiger partial charge in [-0.3, -0.25) is 14.9 Å². The zero-order chi connectivity index (χ0) is 18.2. The van der Waals surface area contributed by atoms with Crippen molar-refractivity contribution in [1.82, 2.24) is 5.32 Å². The van der Waals surface area contributed by atoms with Crippen LogP contribution in [0.5, 0.6) is 0 Å². The number of anilines is 2. The van der Waals surface area contributed by atoms with Crippen molar-refractivity contribution in [1.29, 1.82) is 0 Å². The van der Waals surface area contributed by atoms with Gasteiger partial charge in [0.15, 0.2) is 5.11 Å². The first-order valence-corrected chi connectivity index (χ1v) is 9.24. The topological polar surface area (TPSA) is 70.2 Å². The highest BCUT2D eigenvalue weighted by Gasteiger charge is 2.09. The first-order chi connectivity index (χ1) is 12.0. The van der Waals surface area contributed by atoms with E-state index in [1.165, 1.54) is 0 Å². The molecule has 130 valence electrons. The number of hydrogen-bond acceptors (Lipinski definition) is 3. The normalized spacial score (nSPS) is 10.0. The Labute approximate surface area is 165 Å². The number of carbonyl (C=O) groups excluding carboxylic acids is 2. The SMILES string of the molecule is CCCC(=O)Nc1cccc(NC(=S)NC(=O)c2cccc(I)c2)c1. The number of amides is 2. The van der Waals surface area contributed by atoms with Crippen molar-refractivity contribution in [3.8, 4) is 0 Å². The summed E-state index contributed by atoms with van der Waals surface area (Å²) in [5.74, 6) is -0.308. The van der Waals surface area contributed by atoms with Gasteiger partial charge in [-0.25, -0.2) is 0 Å². The van der Waals surface area contributed by atoms with Gasteiger partial charge in [0.2, 0.25) is 5.91 Å². The lowest BCUT2D eigenvalue weighted by atomic mass is 10.2. The molecule has 0 saturated carbocycles. The molecule has 0 atom stereocenters. The van der Waals surface area contributed by atoms with E-state index in [4.69, 9.17) is 12.2 Å². The van der Waals surface area contributed by atoms with E-state index >= 15 is 0 Å². The molecule has 2 amide bonds. The first-order valence-electron chi connectivity index (χ1n) is 7.75. The summed E-state index contributed by atoms with van der Waals surface area (Å²) in [6, 6.07) is 14.4. The van der Waals surface area contributed by atoms with Crippen LogP contribution < -0.4 is 16.0 Å². The molecule has 0 fully saturated rings. The standard InChI is InChI=1S/C18H18IN3O2S/c1-2-5-16(23)20-14-8-4-9-15(11-14)21-18(25)22-17(24)12-6-3-7-13(19)10-12/h3-4,6-11H,2,5H2,1H3,(H,20,23)(H2,21,22,24,25). The summed E-state index contributed by atoms with van der Waals surface area (Å²) >= 11 is 7.33. The fraction of sp³-hybridized carbons (Fsp3) is 0.167. The second-order valence-electron chi connectivity index (χ2n) is 5.30. The second-order valence-corrected chi connectivity index (χ2v) is 6.95. The Kier molecular flexibility index (Phi) is 7.32.